The van der Waals surface area contributed by atoms with Gasteiger partial charge in [-0.05, 0) is 41.5 Å². The highest BCUT2D eigenvalue weighted by molar-refractivity contribution is 5.77. The van der Waals surface area contributed by atoms with Gasteiger partial charge in [0, 0.05) is 12.5 Å². The maximum atomic E-state index is 5.86. The van der Waals surface area contributed by atoms with E-state index in [1.165, 1.54) is 28.7 Å². The van der Waals surface area contributed by atoms with Gasteiger partial charge in [0.15, 0.2) is 6.29 Å². The number of hydrogen-bond donors (Lipinski definition) is 0. The molecule has 128 valence electrons. The third kappa shape index (κ3) is 3.76. The lowest BCUT2D eigenvalue weighted by atomic mass is 9.87. The largest absolute Gasteiger partial charge is 0.353 e. The molecular weight excluding hydrogens is 308 g/mol. The third-order valence-electron chi connectivity index (χ3n) is 4.95. The van der Waals surface area contributed by atoms with Crippen LogP contribution >= 0.6 is 0 Å². The molecule has 0 N–H and O–H groups in total. The summed E-state index contributed by atoms with van der Waals surface area (Å²) < 4.78 is 11.5. The minimum atomic E-state index is -0.0335. The molecule has 4 rings (SSSR count). The van der Waals surface area contributed by atoms with E-state index in [9.17, 15) is 0 Å². The fourth-order valence-corrected chi connectivity index (χ4v) is 3.64. The highest BCUT2D eigenvalue weighted by Gasteiger charge is 2.18. The minimum Gasteiger partial charge on any atom is -0.353 e. The molecule has 2 aromatic rings. The summed E-state index contributed by atoms with van der Waals surface area (Å²) in [6.07, 6.45) is 12.2. The van der Waals surface area contributed by atoms with Crippen LogP contribution in [0.2, 0.25) is 0 Å². The molecule has 1 aliphatic heterocycles. The molecule has 2 heteroatoms. The van der Waals surface area contributed by atoms with Crippen LogP contribution in [0.4, 0.5) is 0 Å². The van der Waals surface area contributed by atoms with Gasteiger partial charge in [-0.25, -0.2) is 0 Å². The summed E-state index contributed by atoms with van der Waals surface area (Å²) in [6.45, 7) is 1.42. The molecule has 1 fully saturated rings. The van der Waals surface area contributed by atoms with Gasteiger partial charge in [0.05, 0.1) is 6.61 Å². The van der Waals surface area contributed by atoms with Gasteiger partial charge in [-0.1, -0.05) is 72.8 Å². The smallest absolute Gasteiger partial charge is 0.157 e. The van der Waals surface area contributed by atoms with Crippen LogP contribution in [0.15, 0.2) is 60.7 Å². The molecule has 0 aromatic heterocycles. The highest BCUT2D eigenvalue weighted by atomic mass is 16.7. The van der Waals surface area contributed by atoms with Crippen molar-refractivity contribution in [1.82, 2.24) is 0 Å². The molecular formula is C23H24O2. The first-order valence-corrected chi connectivity index (χ1v) is 9.17. The Morgan fingerprint density at radius 2 is 1.60 bits per heavy atom. The summed E-state index contributed by atoms with van der Waals surface area (Å²) in [5.41, 5.74) is 5.25. The summed E-state index contributed by atoms with van der Waals surface area (Å²) in [5.74, 6) is 0.248. The molecule has 2 aromatic carbocycles. The van der Waals surface area contributed by atoms with Crippen LogP contribution in [0.25, 0.3) is 12.2 Å². The lowest BCUT2D eigenvalue weighted by molar-refractivity contribution is -0.155. The second-order valence-corrected chi connectivity index (χ2v) is 6.63. The highest BCUT2D eigenvalue weighted by Crippen LogP contribution is 2.35. The molecule has 1 heterocycles. The minimum absolute atomic E-state index is 0.0335. The van der Waals surface area contributed by atoms with Crippen molar-refractivity contribution in [3.05, 3.63) is 82.9 Å². The molecule has 1 aliphatic carbocycles. The van der Waals surface area contributed by atoms with Crippen molar-refractivity contribution in [2.24, 2.45) is 0 Å². The van der Waals surface area contributed by atoms with Crippen LogP contribution in [-0.4, -0.2) is 19.5 Å². The standard InChI is InChI=1S/C23H24O2/c1-3-10-20-18(8-1)14-15-19-9-2-4-11-21(19)22(20)12-7-17-25-23-13-5-6-16-24-23/h1-4,7-12,14-15,22-23H,5-6,13,16-17H2. The van der Waals surface area contributed by atoms with Gasteiger partial charge in [-0.2, -0.15) is 0 Å². The van der Waals surface area contributed by atoms with Gasteiger partial charge in [0.25, 0.3) is 0 Å². The Labute approximate surface area is 149 Å². The Morgan fingerprint density at radius 3 is 2.24 bits per heavy atom. The molecule has 2 nitrogen and oxygen atoms in total. The Balaban J connectivity index is 1.55. The molecule has 0 saturated carbocycles. The van der Waals surface area contributed by atoms with E-state index in [1.54, 1.807) is 0 Å². The molecule has 0 radical (unpaired) electrons. The first-order valence-electron chi connectivity index (χ1n) is 9.17. The van der Waals surface area contributed by atoms with Crippen LogP contribution in [0.5, 0.6) is 0 Å². The summed E-state index contributed by atoms with van der Waals surface area (Å²) in [6, 6.07) is 17.3. The Bertz CT molecular complexity index is 720. The van der Waals surface area contributed by atoms with Crippen LogP contribution in [-0.2, 0) is 9.47 Å². The number of fused-ring (bicyclic) bond motifs is 2. The molecule has 0 bridgehead atoms. The van der Waals surface area contributed by atoms with Crippen LogP contribution in [0, 0.1) is 0 Å². The molecule has 1 saturated heterocycles. The average molecular weight is 332 g/mol. The maximum Gasteiger partial charge on any atom is 0.157 e. The Hall–Kier alpha value is -2.16. The second-order valence-electron chi connectivity index (χ2n) is 6.63. The number of allylic oxidation sites excluding steroid dienone is 1. The van der Waals surface area contributed by atoms with E-state index in [0.717, 1.165) is 19.4 Å². The SMILES string of the molecule is C(=CC1c2ccccc2C=Cc2ccccc21)COC1CCCCO1. The molecule has 1 unspecified atom stereocenters. The van der Waals surface area contributed by atoms with Crippen molar-refractivity contribution in [2.75, 3.05) is 13.2 Å². The predicted octanol–water partition coefficient (Wildman–Crippen LogP) is 5.40. The van der Waals surface area contributed by atoms with Gasteiger partial charge in [0.2, 0.25) is 0 Å². The summed E-state index contributed by atoms with van der Waals surface area (Å²) in [4.78, 5) is 0. The number of ether oxygens (including phenoxy) is 2. The Kier molecular flexibility index (Phi) is 5.10. The topological polar surface area (TPSA) is 18.5 Å². The van der Waals surface area contributed by atoms with Crippen molar-refractivity contribution in [2.45, 2.75) is 31.5 Å². The zero-order valence-electron chi connectivity index (χ0n) is 14.4. The normalized spacial score (nSPS) is 20.2. The van der Waals surface area contributed by atoms with Gasteiger partial charge in [0.1, 0.15) is 0 Å². The van der Waals surface area contributed by atoms with Gasteiger partial charge < -0.3 is 9.47 Å². The van der Waals surface area contributed by atoms with Crippen LogP contribution in [0.1, 0.15) is 47.4 Å². The monoisotopic (exact) mass is 332 g/mol. The molecule has 0 amide bonds. The van der Waals surface area contributed by atoms with E-state index in [0.29, 0.717) is 6.61 Å². The van der Waals surface area contributed by atoms with E-state index >= 15 is 0 Å². The number of hydrogen-bond acceptors (Lipinski definition) is 2. The number of benzene rings is 2. The first-order chi connectivity index (χ1) is 12.4. The van der Waals surface area contributed by atoms with Gasteiger partial charge in [-0.15, -0.1) is 0 Å². The van der Waals surface area contributed by atoms with Crippen molar-refractivity contribution < 1.29 is 9.47 Å². The van der Waals surface area contributed by atoms with E-state index in [1.807, 2.05) is 0 Å². The van der Waals surface area contributed by atoms with Gasteiger partial charge in [-0.3, -0.25) is 0 Å². The van der Waals surface area contributed by atoms with Crippen LogP contribution in [0.3, 0.4) is 0 Å². The van der Waals surface area contributed by atoms with Crippen molar-refractivity contribution in [3.8, 4) is 0 Å². The van der Waals surface area contributed by atoms with Crippen molar-refractivity contribution in [1.29, 1.82) is 0 Å². The number of rotatable bonds is 4. The zero-order chi connectivity index (χ0) is 16.9. The van der Waals surface area contributed by atoms with Gasteiger partial charge >= 0.3 is 0 Å². The fraction of sp³-hybridized carbons (Fsp3) is 0.304. The van der Waals surface area contributed by atoms with Crippen molar-refractivity contribution >= 4 is 12.2 Å². The zero-order valence-corrected chi connectivity index (χ0v) is 14.4. The Morgan fingerprint density at radius 1 is 0.920 bits per heavy atom. The molecule has 1 atom stereocenters. The summed E-state index contributed by atoms with van der Waals surface area (Å²) in [7, 11) is 0. The molecule has 0 spiro atoms. The third-order valence-corrected chi connectivity index (χ3v) is 4.95. The fourth-order valence-electron chi connectivity index (χ4n) is 3.64. The molecule has 25 heavy (non-hydrogen) atoms. The first kappa shape index (κ1) is 16.3. The quantitative estimate of drug-likeness (QED) is 0.698. The van der Waals surface area contributed by atoms with E-state index in [4.69, 9.17) is 9.47 Å². The predicted molar refractivity (Wildman–Crippen MR) is 102 cm³/mol. The summed E-state index contributed by atoms with van der Waals surface area (Å²) >= 11 is 0. The van der Waals surface area contributed by atoms with E-state index in [-0.39, 0.29) is 12.2 Å². The average Bonchev–Trinajstić information content (AvgIpc) is 2.83. The van der Waals surface area contributed by atoms with Crippen LogP contribution < -0.4 is 0 Å². The second kappa shape index (κ2) is 7.81. The van der Waals surface area contributed by atoms with E-state index in [2.05, 4.69) is 72.8 Å². The maximum absolute atomic E-state index is 5.86. The van der Waals surface area contributed by atoms with Crippen molar-refractivity contribution in [3.63, 3.8) is 0 Å². The molecule has 2 aliphatic rings. The van der Waals surface area contributed by atoms with E-state index < -0.39 is 0 Å². The summed E-state index contributed by atoms with van der Waals surface area (Å²) in [5, 5.41) is 0. The lowest BCUT2D eigenvalue weighted by Gasteiger charge is -2.22. The lowest BCUT2D eigenvalue weighted by Crippen LogP contribution is -2.22.